The fourth-order valence-corrected chi connectivity index (χ4v) is 7.21. The number of aryl methyl sites for hydroxylation is 3. The quantitative estimate of drug-likeness (QED) is 0.182. The van der Waals surface area contributed by atoms with Crippen LogP contribution in [0.5, 0.6) is 11.5 Å². The third-order valence-electron chi connectivity index (χ3n) is 9.46. The first kappa shape index (κ1) is 29.4. The summed E-state index contributed by atoms with van der Waals surface area (Å²) in [7, 11) is 2.18. The lowest BCUT2D eigenvalue weighted by atomic mass is 9.81. The van der Waals surface area contributed by atoms with E-state index in [0.29, 0.717) is 23.7 Å². The third kappa shape index (κ3) is 4.84. The first-order chi connectivity index (χ1) is 20.4. The van der Waals surface area contributed by atoms with Crippen LogP contribution < -0.4 is 9.30 Å². The van der Waals surface area contributed by atoms with Crippen molar-refractivity contribution in [3.63, 3.8) is 0 Å². The third-order valence-corrected chi connectivity index (χ3v) is 9.46. The number of nitrogens with zero attached hydrogens (tertiary/aromatic N) is 1. The molecule has 0 N–H and O–H groups in total. The van der Waals surface area contributed by atoms with Gasteiger partial charge >= 0.3 is 0 Å². The molecule has 0 spiro atoms. The highest BCUT2D eigenvalue weighted by molar-refractivity contribution is 6.08. The van der Waals surface area contributed by atoms with E-state index in [9.17, 15) is 0 Å². The Hall–Kier alpha value is -3.65. The second-order valence-corrected chi connectivity index (χ2v) is 14.3. The molecule has 0 aliphatic carbocycles. The molecule has 0 amide bonds. The molecule has 2 heterocycles. The van der Waals surface area contributed by atoms with E-state index in [1.807, 2.05) is 0 Å². The zero-order chi connectivity index (χ0) is 30.9. The van der Waals surface area contributed by atoms with E-state index in [2.05, 4.69) is 136 Å². The van der Waals surface area contributed by atoms with Crippen LogP contribution in [0, 0.1) is 19.8 Å². The van der Waals surface area contributed by atoms with Gasteiger partial charge in [-0.05, 0) is 106 Å². The van der Waals surface area contributed by atoms with E-state index in [-0.39, 0.29) is 0 Å². The van der Waals surface area contributed by atoms with Gasteiger partial charge in [-0.3, -0.25) is 0 Å². The molecule has 0 fully saturated rings. The van der Waals surface area contributed by atoms with Gasteiger partial charge in [0, 0.05) is 11.6 Å². The number of benzene rings is 4. The predicted octanol–water partition coefficient (Wildman–Crippen LogP) is 11.4. The second kappa shape index (κ2) is 10.8. The van der Waals surface area contributed by atoms with Gasteiger partial charge in [-0.1, -0.05) is 91.3 Å². The molecule has 0 radical (unpaired) electrons. The zero-order valence-corrected chi connectivity index (χ0v) is 28.1. The number of rotatable bonds is 6. The van der Waals surface area contributed by atoms with Crippen molar-refractivity contribution in [3.8, 4) is 33.9 Å². The molecule has 1 aliphatic heterocycles. The summed E-state index contributed by atoms with van der Waals surface area (Å²) in [6, 6.07) is 18.8. The average Bonchev–Trinajstić information content (AvgIpc) is 2.95. The van der Waals surface area contributed by atoms with Crippen LogP contribution in [0.25, 0.3) is 43.9 Å². The number of pyridine rings is 1. The van der Waals surface area contributed by atoms with Gasteiger partial charge in [0.1, 0.15) is 18.5 Å². The molecule has 1 aromatic heterocycles. The summed E-state index contributed by atoms with van der Waals surface area (Å²) >= 11 is 0. The summed E-state index contributed by atoms with van der Waals surface area (Å²) in [6.45, 7) is 23.0. The van der Waals surface area contributed by atoms with E-state index in [1.165, 1.54) is 77.3 Å². The standard InChI is InChI=1S/C41H48NO/c1-22(2)16-35-31-13-12-26(9)17-34(31)27(10)37-40-39-28(14-15-42(40)11)18-30(21-36(39)43-41(35)37)38-32(24(5)6)19-29(23(3)4)20-33(38)25(7)8/h12-15,17-25H,16H2,1-11H3/q+1. The lowest BCUT2D eigenvalue weighted by Gasteiger charge is -2.27. The molecule has 0 atom stereocenters. The molecule has 2 nitrogen and oxygen atoms in total. The molecular formula is C41H48NO+. The van der Waals surface area contributed by atoms with Crippen LogP contribution in [-0.4, -0.2) is 0 Å². The van der Waals surface area contributed by atoms with E-state index in [1.54, 1.807) is 0 Å². The lowest BCUT2D eigenvalue weighted by molar-refractivity contribution is -0.659. The fourth-order valence-electron chi connectivity index (χ4n) is 7.21. The molecule has 0 saturated carbocycles. The summed E-state index contributed by atoms with van der Waals surface area (Å²) in [5, 5.41) is 5.10. The molecule has 1 aliphatic rings. The Bertz CT molecular complexity index is 1880. The van der Waals surface area contributed by atoms with E-state index in [0.717, 1.165) is 17.9 Å². The van der Waals surface area contributed by atoms with Gasteiger partial charge in [-0.25, -0.2) is 4.57 Å². The molecule has 0 bridgehead atoms. The van der Waals surface area contributed by atoms with Gasteiger partial charge in [0.15, 0.2) is 6.20 Å². The minimum absolute atomic E-state index is 0.416. The van der Waals surface area contributed by atoms with Gasteiger partial charge in [0.25, 0.3) is 0 Å². The summed E-state index contributed by atoms with van der Waals surface area (Å²) in [4.78, 5) is 0. The van der Waals surface area contributed by atoms with Gasteiger partial charge < -0.3 is 4.74 Å². The largest absolute Gasteiger partial charge is 0.455 e. The Morgan fingerprint density at radius 3 is 2.00 bits per heavy atom. The van der Waals surface area contributed by atoms with Crippen LogP contribution in [0.4, 0.5) is 0 Å². The Balaban J connectivity index is 1.71. The van der Waals surface area contributed by atoms with Gasteiger partial charge in [-0.2, -0.15) is 0 Å². The molecule has 6 rings (SSSR count). The highest BCUT2D eigenvalue weighted by atomic mass is 16.5. The Kier molecular flexibility index (Phi) is 7.40. The number of aromatic nitrogens is 1. The van der Waals surface area contributed by atoms with Crippen molar-refractivity contribution in [1.82, 2.24) is 0 Å². The highest BCUT2D eigenvalue weighted by Gasteiger charge is 2.34. The second-order valence-electron chi connectivity index (χ2n) is 14.3. The number of hydrogen-bond donors (Lipinski definition) is 0. The first-order valence-electron chi connectivity index (χ1n) is 16.3. The van der Waals surface area contributed by atoms with E-state index in [4.69, 9.17) is 4.74 Å². The van der Waals surface area contributed by atoms with Gasteiger partial charge in [0.2, 0.25) is 5.69 Å². The number of fused-ring (bicyclic) bond motifs is 3. The minimum Gasteiger partial charge on any atom is -0.455 e. The van der Waals surface area contributed by atoms with Gasteiger partial charge in [0.05, 0.1) is 10.9 Å². The monoisotopic (exact) mass is 570 g/mol. The van der Waals surface area contributed by atoms with Crippen molar-refractivity contribution >= 4 is 21.5 Å². The molecule has 0 saturated heterocycles. The molecular weight excluding hydrogens is 522 g/mol. The molecule has 2 heteroatoms. The molecule has 5 aromatic rings. The van der Waals surface area contributed by atoms with E-state index < -0.39 is 0 Å². The summed E-state index contributed by atoms with van der Waals surface area (Å²) in [6.07, 6.45) is 3.21. The predicted molar refractivity (Wildman–Crippen MR) is 184 cm³/mol. The maximum Gasteiger partial charge on any atom is 0.228 e. The van der Waals surface area contributed by atoms with Crippen LogP contribution in [0.3, 0.4) is 0 Å². The average molecular weight is 571 g/mol. The van der Waals surface area contributed by atoms with E-state index >= 15 is 0 Å². The SMILES string of the molecule is Cc1ccc2c(CC(C)C)c3c(c(C)c2c1)-c1c2c(cc(-c4c(C(C)C)cc(C(C)C)cc4C(C)C)cc2cc[n+]1C)O3. The van der Waals surface area contributed by atoms with Crippen LogP contribution in [0.2, 0.25) is 0 Å². The maximum absolute atomic E-state index is 7.17. The summed E-state index contributed by atoms with van der Waals surface area (Å²) in [5.41, 5.74) is 13.3. The minimum atomic E-state index is 0.416. The van der Waals surface area contributed by atoms with Crippen molar-refractivity contribution in [2.45, 2.75) is 93.4 Å². The molecule has 222 valence electrons. The van der Waals surface area contributed by atoms with Crippen LogP contribution >= 0.6 is 0 Å². The topological polar surface area (TPSA) is 13.1 Å². The number of ether oxygens (including phenoxy) is 1. The fraction of sp³-hybridized carbons (Fsp3) is 0.390. The first-order valence-corrected chi connectivity index (χ1v) is 16.3. The summed E-state index contributed by atoms with van der Waals surface area (Å²) in [5.74, 6) is 3.85. The summed E-state index contributed by atoms with van der Waals surface area (Å²) < 4.78 is 9.47. The van der Waals surface area contributed by atoms with Crippen LogP contribution in [-0.2, 0) is 13.5 Å². The molecule has 4 aromatic carbocycles. The normalized spacial score (nSPS) is 12.7. The van der Waals surface area contributed by atoms with Crippen molar-refractivity contribution in [2.24, 2.45) is 13.0 Å². The molecule has 0 unspecified atom stereocenters. The van der Waals surface area contributed by atoms with Crippen LogP contribution in [0.1, 0.15) is 107 Å². The Morgan fingerprint density at radius 1 is 0.721 bits per heavy atom. The maximum atomic E-state index is 7.17. The Morgan fingerprint density at radius 2 is 1.40 bits per heavy atom. The van der Waals surface area contributed by atoms with Gasteiger partial charge in [-0.15, -0.1) is 0 Å². The van der Waals surface area contributed by atoms with Crippen molar-refractivity contribution in [3.05, 3.63) is 88.1 Å². The lowest BCUT2D eigenvalue weighted by Crippen LogP contribution is -2.32. The smallest absolute Gasteiger partial charge is 0.228 e. The molecule has 43 heavy (non-hydrogen) atoms. The van der Waals surface area contributed by atoms with Crippen LogP contribution in [0.15, 0.2) is 54.7 Å². The van der Waals surface area contributed by atoms with Crippen molar-refractivity contribution in [1.29, 1.82) is 0 Å². The zero-order valence-electron chi connectivity index (χ0n) is 28.1. The Labute approximate surface area is 258 Å². The van der Waals surface area contributed by atoms with Crippen molar-refractivity contribution < 1.29 is 9.30 Å². The number of hydrogen-bond acceptors (Lipinski definition) is 1. The highest BCUT2D eigenvalue weighted by Crippen LogP contribution is 2.52. The van der Waals surface area contributed by atoms with Crippen molar-refractivity contribution in [2.75, 3.05) is 0 Å².